The minimum atomic E-state index is -0.474. The van der Waals surface area contributed by atoms with E-state index < -0.39 is 6.09 Å². The van der Waals surface area contributed by atoms with E-state index in [2.05, 4.69) is 15.0 Å². The number of nitrogens with one attached hydrogen (secondary N) is 1. The van der Waals surface area contributed by atoms with Crippen LogP contribution in [0.4, 0.5) is 10.5 Å². The fourth-order valence-corrected chi connectivity index (χ4v) is 1.71. The third kappa shape index (κ3) is 4.79. The van der Waals surface area contributed by atoms with Gasteiger partial charge in [0, 0.05) is 33.9 Å². The fourth-order valence-electron chi connectivity index (χ4n) is 1.71. The lowest BCUT2D eigenvalue weighted by Crippen LogP contribution is -2.35. The first-order valence-electron chi connectivity index (χ1n) is 6.27. The van der Waals surface area contributed by atoms with Crippen molar-refractivity contribution >= 4 is 17.7 Å². The predicted molar refractivity (Wildman–Crippen MR) is 81.0 cm³/mol. The van der Waals surface area contributed by atoms with E-state index in [1.807, 2.05) is 62.3 Å². The first-order chi connectivity index (χ1) is 9.43. The summed E-state index contributed by atoms with van der Waals surface area (Å²) in [5.74, 6) is 0.904. The van der Waals surface area contributed by atoms with Crippen molar-refractivity contribution in [3.8, 4) is 0 Å². The van der Waals surface area contributed by atoms with Crippen LogP contribution >= 0.6 is 0 Å². The number of ether oxygens (including phenoxy) is 1. The Hall–Kier alpha value is -2.24. The standard InChI is InChI=1S/C14H22N4O2/c1-17(2)13(18(3)4)15-10-11-6-8-12(9-7-11)16-14(19)20-5/h6-9H,10H2,1-5H3,(H,16,19). The second-order valence-electron chi connectivity index (χ2n) is 4.72. The third-order valence-electron chi connectivity index (χ3n) is 2.59. The zero-order valence-electron chi connectivity index (χ0n) is 12.7. The highest BCUT2D eigenvalue weighted by atomic mass is 16.5. The van der Waals surface area contributed by atoms with Gasteiger partial charge in [0.05, 0.1) is 13.7 Å². The summed E-state index contributed by atoms with van der Waals surface area (Å²) in [6.07, 6.45) is -0.474. The molecule has 0 aliphatic rings. The van der Waals surface area contributed by atoms with E-state index in [9.17, 15) is 4.79 Å². The smallest absolute Gasteiger partial charge is 0.411 e. The van der Waals surface area contributed by atoms with Gasteiger partial charge in [-0.2, -0.15) is 0 Å². The van der Waals surface area contributed by atoms with E-state index in [-0.39, 0.29) is 0 Å². The van der Waals surface area contributed by atoms with Gasteiger partial charge in [0.15, 0.2) is 5.96 Å². The number of anilines is 1. The molecular formula is C14H22N4O2. The van der Waals surface area contributed by atoms with Gasteiger partial charge in [-0.05, 0) is 17.7 Å². The zero-order chi connectivity index (χ0) is 15.1. The largest absolute Gasteiger partial charge is 0.453 e. The summed E-state index contributed by atoms with van der Waals surface area (Å²) in [6, 6.07) is 7.51. The Labute approximate surface area is 120 Å². The van der Waals surface area contributed by atoms with Crippen LogP contribution in [0.15, 0.2) is 29.3 Å². The van der Waals surface area contributed by atoms with Gasteiger partial charge >= 0.3 is 6.09 Å². The summed E-state index contributed by atoms with van der Waals surface area (Å²) < 4.78 is 4.53. The maximum atomic E-state index is 11.1. The molecule has 0 saturated heterocycles. The molecule has 0 aliphatic carbocycles. The Kier molecular flexibility index (Phi) is 5.83. The molecule has 1 aromatic rings. The van der Waals surface area contributed by atoms with Gasteiger partial charge < -0.3 is 14.5 Å². The zero-order valence-corrected chi connectivity index (χ0v) is 12.7. The first kappa shape index (κ1) is 15.8. The van der Waals surface area contributed by atoms with Crippen molar-refractivity contribution in [1.82, 2.24) is 9.80 Å². The highest BCUT2D eigenvalue weighted by molar-refractivity contribution is 5.84. The highest BCUT2D eigenvalue weighted by Crippen LogP contribution is 2.11. The number of hydrogen-bond acceptors (Lipinski definition) is 3. The van der Waals surface area contributed by atoms with Crippen molar-refractivity contribution in [1.29, 1.82) is 0 Å². The van der Waals surface area contributed by atoms with Crippen LogP contribution in [-0.2, 0) is 11.3 Å². The molecule has 0 atom stereocenters. The number of benzene rings is 1. The van der Waals surface area contributed by atoms with Gasteiger partial charge in [-0.25, -0.2) is 9.79 Å². The molecule has 0 aliphatic heterocycles. The molecule has 0 saturated carbocycles. The van der Waals surface area contributed by atoms with Crippen molar-refractivity contribution in [2.75, 3.05) is 40.6 Å². The third-order valence-corrected chi connectivity index (χ3v) is 2.59. The monoisotopic (exact) mass is 278 g/mol. The van der Waals surface area contributed by atoms with Crippen LogP contribution in [0.25, 0.3) is 0 Å². The molecule has 20 heavy (non-hydrogen) atoms. The summed E-state index contributed by atoms with van der Waals surface area (Å²) in [6.45, 7) is 0.587. The number of amides is 1. The Morgan fingerprint density at radius 1 is 1.15 bits per heavy atom. The van der Waals surface area contributed by atoms with Crippen LogP contribution in [0.1, 0.15) is 5.56 Å². The van der Waals surface area contributed by atoms with E-state index in [0.29, 0.717) is 12.2 Å². The Morgan fingerprint density at radius 3 is 2.15 bits per heavy atom. The van der Waals surface area contributed by atoms with E-state index >= 15 is 0 Å². The second kappa shape index (κ2) is 7.37. The maximum absolute atomic E-state index is 11.1. The summed E-state index contributed by atoms with van der Waals surface area (Å²) in [5, 5.41) is 2.61. The van der Waals surface area contributed by atoms with Gasteiger partial charge in [0.25, 0.3) is 0 Å². The molecule has 0 unspecified atom stereocenters. The molecule has 0 heterocycles. The lowest BCUT2D eigenvalue weighted by atomic mass is 10.2. The maximum Gasteiger partial charge on any atom is 0.411 e. The SMILES string of the molecule is COC(=O)Nc1ccc(CN=C(N(C)C)N(C)C)cc1. The van der Waals surface area contributed by atoms with Crippen LogP contribution < -0.4 is 5.32 Å². The fraction of sp³-hybridized carbons (Fsp3) is 0.429. The molecule has 0 bridgehead atoms. The Morgan fingerprint density at radius 2 is 1.70 bits per heavy atom. The van der Waals surface area contributed by atoms with Crippen molar-refractivity contribution < 1.29 is 9.53 Å². The molecule has 6 heteroatoms. The minimum Gasteiger partial charge on any atom is -0.453 e. The summed E-state index contributed by atoms with van der Waals surface area (Å²) >= 11 is 0. The average Bonchev–Trinajstić information content (AvgIpc) is 2.40. The number of nitrogens with zero attached hydrogens (tertiary/aromatic N) is 3. The minimum absolute atomic E-state index is 0.474. The number of hydrogen-bond donors (Lipinski definition) is 1. The van der Waals surface area contributed by atoms with Gasteiger partial charge in [-0.1, -0.05) is 12.1 Å². The molecule has 1 N–H and O–H groups in total. The molecule has 0 radical (unpaired) electrons. The van der Waals surface area contributed by atoms with E-state index in [0.717, 1.165) is 11.5 Å². The number of aliphatic imine (C=N–C) groups is 1. The molecule has 1 rings (SSSR count). The number of carbonyl (C=O) groups is 1. The molecule has 0 aromatic heterocycles. The first-order valence-corrected chi connectivity index (χ1v) is 6.27. The number of rotatable bonds is 3. The van der Waals surface area contributed by atoms with Crippen molar-refractivity contribution in [3.05, 3.63) is 29.8 Å². The quantitative estimate of drug-likeness (QED) is 0.677. The molecule has 0 spiro atoms. The Bertz CT molecular complexity index is 457. The summed E-state index contributed by atoms with van der Waals surface area (Å²) in [5.41, 5.74) is 1.77. The molecule has 1 amide bonds. The van der Waals surface area contributed by atoms with E-state index in [1.165, 1.54) is 7.11 Å². The lowest BCUT2D eigenvalue weighted by Gasteiger charge is -2.22. The number of carbonyl (C=O) groups excluding carboxylic acids is 1. The number of guanidine groups is 1. The van der Waals surface area contributed by atoms with Crippen LogP contribution in [0.5, 0.6) is 0 Å². The van der Waals surface area contributed by atoms with Gasteiger partial charge in [0.1, 0.15) is 0 Å². The van der Waals surface area contributed by atoms with E-state index in [4.69, 9.17) is 0 Å². The molecular weight excluding hydrogens is 256 g/mol. The van der Waals surface area contributed by atoms with Crippen molar-refractivity contribution in [3.63, 3.8) is 0 Å². The topological polar surface area (TPSA) is 57.2 Å². The lowest BCUT2D eigenvalue weighted by molar-refractivity contribution is 0.187. The predicted octanol–water partition coefficient (Wildman–Crippen LogP) is 1.84. The van der Waals surface area contributed by atoms with Crippen LogP contribution in [-0.4, -0.2) is 57.2 Å². The van der Waals surface area contributed by atoms with Crippen LogP contribution in [0, 0.1) is 0 Å². The molecule has 6 nitrogen and oxygen atoms in total. The van der Waals surface area contributed by atoms with Gasteiger partial charge in [-0.3, -0.25) is 5.32 Å². The number of methoxy groups -OCH3 is 1. The van der Waals surface area contributed by atoms with E-state index in [1.54, 1.807) is 0 Å². The second-order valence-corrected chi connectivity index (χ2v) is 4.72. The summed E-state index contributed by atoms with van der Waals surface area (Å²) in [7, 11) is 9.18. The summed E-state index contributed by atoms with van der Waals surface area (Å²) in [4.78, 5) is 19.6. The van der Waals surface area contributed by atoms with Gasteiger partial charge in [-0.15, -0.1) is 0 Å². The van der Waals surface area contributed by atoms with Crippen molar-refractivity contribution in [2.24, 2.45) is 4.99 Å². The van der Waals surface area contributed by atoms with Gasteiger partial charge in [0.2, 0.25) is 0 Å². The molecule has 0 fully saturated rings. The average molecular weight is 278 g/mol. The van der Waals surface area contributed by atoms with Crippen molar-refractivity contribution in [2.45, 2.75) is 6.54 Å². The normalized spacial score (nSPS) is 9.65. The Balaban J connectivity index is 2.70. The van der Waals surface area contributed by atoms with Crippen LogP contribution in [0.2, 0.25) is 0 Å². The molecule has 110 valence electrons. The van der Waals surface area contributed by atoms with Crippen LogP contribution in [0.3, 0.4) is 0 Å². The highest BCUT2D eigenvalue weighted by Gasteiger charge is 2.04. The molecule has 1 aromatic carbocycles.